The number of para-hydroxylation sites is 1. The Hall–Kier alpha value is -1.78. The monoisotopic (exact) mass is 303 g/mol. The largest absolute Gasteiger partial charge is 0.342 e. The third-order valence-electron chi connectivity index (χ3n) is 3.85. The molecular weight excluding hydrogens is 286 g/mol. The molecule has 2 N–H and O–H groups in total. The highest BCUT2D eigenvalue weighted by Crippen LogP contribution is 2.28. The lowest BCUT2D eigenvalue weighted by Gasteiger charge is -2.33. The molecule has 1 aliphatic rings. The lowest BCUT2D eigenvalue weighted by atomic mass is 9.98. The summed E-state index contributed by atoms with van der Waals surface area (Å²) >= 11 is 6.04. The Morgan fingerprint density at radius 2 is 2.19 bits per heavy atom. The highest BCUT2D eigenvalue weighted by atomic mass is 35.5. The number of nitrogens with two attached hydrogens (primary N) is 1. The topological polar surface area (TPSA) is 51.3 Å². The van der Waals surface area contributed by atoms with Gasteiger partial charge in [-0.15, -0.1) is 0 Å². The molecule has 1 atom stereocenters. The molecule has 1 amide bonds. The van der Waals surface area contributed by atoms with E-state index in [1.807, 2.05) is 35.8 Å². The molecular formula is C16H18ClN3O. The number of hydrogen-bond donors (Lipinski definition) is 1. The first kappa shape index (κ1) is 14.2. The van der Waals surface area contributed by atoms with E-state index in [4.69, 9.17) is 17.3 Å². The molecule has 0 aliphatic carbocycles. The van der Waals surface area contributed by atoms with Crippen LogP contribution < -0.4 is 10.6 Å². The smallest absolute Gasteiger partial charge is 0.275 e. The van der Waals surface area contributed by atoms with Gasteiger partial charge in [0.2, 0.25) is 0 Å². The van der Waals surface area contributed by atoms with Gasteiger partial charge in [0.15, 0.2) is 0 Å². The van der Waals surface area contributed by atoms with Gasteiger partial charge < -0.3 is 15.2 Å². The van der Waals surface area contributed by atoms with Gasteiger partial charge in [-0.1, -0.05) is 29.8 Å². The van der Waals surface area contributed by atoms with Crippen molar-refractivity contribution in [1.29, 1.82) is 0 Å². The Kier molecular flexibility index (Phi) is 3.74. The van der Waals surface area contributed by atoms with E-state index in [0.717, 1.165) is 17.7 Å². The third-order valence-corrected chi connectivity index (χ3v) is 4.06. The molecule has 2 aromatic rings. The lowest BCUT2D eigenvalue weighted by Crippen LogP contribution is -2.46. The summed E-state index contributed by atoms with van der Waals surface area (Å²) in [7, 11) is 0. The van der Waals surface area contributed by atoms with Crippen LogP contribution in [0.4, 0.5) is 5.69 Å². The fraction of sp³-hybridized carbons (Fsp3) is 0.312. The van der Waals surface area contributed by atoms with Gasteiger partial charge in [-0.3, -0.25) is 4.79 Å². The predicted octanol–water partition coefficient (Wildman–Crippen LogP) is 2.69. The fourth-order valence-electron chi connectivity index (χ4n) is 2.87. The first-order valence-corrected chi connectivity index (χ1v) is 7.49. The second-order valence-electron chi connectivity index (χ2n) is 5.34. The van der Waals surface area contributed by atoms with Crippen LogP contribution in [0.3, 0.4) is 0 Å². The minimum atomic E-state index is -0.0497. The number of aromatic nitrogens is 1. The van der Waals surface area contributed by atoms with Crippen LogP contribution in [0.1, 0.15) is 23.0 Å². The summed E-state index contributed by atoms with van der Waals surface area (Å²) in [5.41, 5.74) is 8.77. The van der Waals surface area contributed by atoms with Crippen molar-refractivity contribution in [2.24, 2.45) is 5.73 Å². The van der Waals surface area contributed by atoms with E-state index in [2.05, 4.69) is 0 Å². The molecule has 0 saturated carbocycles. The van der Waals surface area contributed by atoms with Crippen molar-refractivity contribution in [3.8, 4) is 0 Å². The summed E-state index contributed by atoms with van der Waals surface area (Å²) in [6.45, 7) is 3.22. The van der Waals surface area contributed by atoms with Gasteiger partial charge in [-0.25, -0.2) is 0 Å². The molecule has 5 heteroatoms. The summed E-state index contributed by atoms with van der Waals surface area (Å²) in [6.07, 6.45) is 2.58. The van der Waals surface area contributed by atoms with Gasteiger partial charge in [-0.2, -0.15) is 0 Å². The van der Waals surface area contributed by atoms with Crippen molar-refractivity contribution in [3.63, 3.8) is 0 Å². The lowest BCUT2D eigenvalue weighted by molar-refractivity contribution is 0.0974. The van der Waals surface area contributed by atoms with Crippen molar-refractivity contribution < 1.29 is 4.79 Å². The average molecular weight is 304 g/mol. The maximum Gasteiger partial charge on any atom is 0.275 e. The third kappa shape index (κ3) is 2.57. The number of carbonyl (C=O) groups is 1. The number of hydrogen-bond acceptors (Lipinski definition) is 2. The fourth-order valence-corrected chi connectivity index (χ4v) is 3.09. The van der Waals surface area contributed by atoms with Crippen LogP contribution >= 0.6 is 11.6 Å². The van der Waals surface area contributed by atoms with Crippen LogP contribution in [-0.4, -0.2) is 23.1 Å². The highest BCUT2D eigenvalue weighted by molar-refractivity contribution is 6.31. The van der Waals surface area contributed by atoms with E-state index in [-0.39, 0.29) is 11.9 Å². The van der Waals surface area contributed by atoms with E-state index < -0.39 is 0 Å². The SMILES string of the molecule is CCn1cc(Cl)cc1C(=O)N1CC(N)Cc2ccccc21. The average Bonchev–Trinajstić information content (AvgIpc) is 2.86. The molecule has 1 aromatic heterocycles. The summed E-state index contributed by atoms with van der Waals surface area (Å²) < 4.78 is 1.87. The number of rotatable bonds is 2. The molecule has 0 fully saturated rings. The summed E-state index contributed by atoms with van der Waals surface area (Å²) in [4.78, 5) is 14.7. The normalized spacial score (nSPS) is 17.7. The molecule has 0 bridgehead atoms. The molecule has 0 saturated heterocycles. The number of nitrogens with zero attached hydrogens (tertiary/aromatic N) is 2. The highest BCUT2D eigenvalue weighted by Gasteiger charge is 2.28. The molecule has 3 rings (SSSR count). The molecule has 0 radical (unpaired) electrons. The predicted molar refractivity (Wildman–Crippen MR) is 84.9 cm³/mol. The van der Waals surface area contributed by atoms with Gasteiger partial charge >= 0.3 is 0 Å². The van der Waals surface area contributed by atoms with Gasteiger partial charge in [0.25, 0.3) is 5.91 Å². The van der Waals surface area contributed by atoms with Crippen LogP contribution in [0.25, 0.3) is 0 Å². The zero-order chi connectivity index (χ0) is 15.0. The Morgan fingerprint density at radius 1 is 1.43 bits per heavy atom. The van der Waals surface area contributed by atoms with Gasteiger partial charge in [0, 0.05) is 31.0 Å². The number of anilines is 1. The molecule has 2 heterocycles. The summed E-state index contributed by atoms with van der Waals surface area (Å²) in [5.74, 6) is -0.0497. The van der Waals surface area contributed by atoms with E-state index in [0.29, 0.717) is 23.8 Å². The number of halogens is 1. The van der Waals surface area contributed by atoms with E-state index >= 15 is 0 Å². The minimum absolute atomic E-state index is 0.0376. The summed E-state index contributed by atoms with van der Waals surface area (Å²) in [6, 6.07) is 9.60. The Balaban J connectivity index is 2.02. The quantitative estimate of drug-likeness (QED) is 0.927. The first-order valence-electron chi connectivity index (χ1n) is 7.11. The van der Waals surface area contributed by atoms with Crippen LogP contribution in [0, 0.1) is 0 Å². The number of fused-ring (bicyclic) bond motifs is 1. The molecule has 110 valence electrons. The Morgan fingerprint density at radius 3 is 2.95 bits per heavy atom. The Labute approximate surface area is 129 Å². The van der Waals surface area contributed by atoms with Crippen molar-refractivity contribution in [2.45, 2.75) is 25.9 Å². The van der Waals surface area contributed by atoms with Crippen LogP contribution in [0.15, 0.2) is 36.5 Å². The minimum Gasteiger partial charge on any atom is -0.342 e. The number of carbonyl (C=O) groups excluding carboxylic acids is 1. The standard InChI is InChI=1S/C16H18ClN3O/c1-2-19-9-12(17)8-15(19)16(21)20-10-13(18)7-11-5-3-4-6-14(11)20/h3-6,8-9,13H,2,7,10,18H2,1H3. The molecule has 1 aliphatic heterocycles. The van der Waals surface area contributed by atoms with Crippen molar-refractivity contribution in [1.82, 2.24) is 4.57 Å². The van der Waals surface area contributed by atoms with E-state index in [1.165, 1.54) is 0 Å². The van der Waals surface area contributed by atoms with Crippen LogP contribution in [0.5, 0.6) is 0 Å². The zero-order valence-corrected chi connectivity index (χ0v) is 12.7. The van der Waals surface area contributed by atoms with E-state index in [9.17, 15) is 4.79 Å². The Bertz CT molecular complexity index is 680. The van der Waals surface area contributed by atoms with Crippen molar-refractivity contribution >= 4 is 23.2 Å². The zero-order valence-electron chi connectivity index (χ0n) is 11.9. The number of benzene rings is 1. The molecule has 1 aromatic carbocycles. The van der Waals surface area contributed by atoms with Gasteiger partial charge in [-0.05, 0) is 31.0 Å². The molecule has 1 unspecified atom stereocenters. The number of amides is 1. The summed E-state index contributed by atoms with van der Waals surface area (Å²) in [5, 5.41) is 0.579. The first-order chi connectivity index (χ1) is 10.1. The second-order valence-corrected chi connectivity index (χ2v) is 5.77. The molecule has 21 heavy (non-hydrogen) atoms. The molecule has 4 nitrogen and oxygen atoms in total. The maximum atomic E-state index is 12.9. The van der Waals surface area contributed by atoms with Crippen molar-refractivity contribution in [2.75, 3.05) is 11.4 Å². The van der Waals surface area contributed by atoms with Crippen molar-refractivity contribution in [3.05, 3.63) is 52.8 Å². The molecule has 0 spiro atoms. The van der Waals surface area contributed by atoms with Crippen LogP contribution in [-0.2, 0) is 13.0 Å². The van der Waals surface area contributed by atoms with Gasteiger partial charge in [0.05, 0.1) is 5.02 Å². The van der Waals surface area contributed by atoms with Crippen LogP contribution in [0.2, 0.25) is 5.02 Å². The number of aryl methyl sites for hydroxylation is 1. The van der Waals surface area contributed by atoms with E-state index in [1.54, 1.807) is 17.2 Å². The maximum absolute atomic E-state index is 12.9. The van der Waals surface area contributed by atoms with Gasteiger partial charge in [0.1, 0.15) is 5.69 Å². The second kappa shape index (κ2) is 5.54.